The van der Waals surface area contributed by atoms with Crippen molar-refractivity contribution < 1.29 is 26.2 Å². The van der Waals surface area contributed by atoms with Crippen molar-refractivity contribution in [2.75, 3.05) is 0 Å². The molecule has 7 aromatic carbocycles. The van der Waals surface area contributed by atoms with Crippen LogP contribution in [0.25, 0.3) is 83.9 Å². The number of phenolic OH excluding ortho intramolecular Hbond substituents is 1. The summed E-state index contributed by atoms with van der Waals surface area (Å²) < 4.78 is 3.75. The van der Waals surface area contributed by atoms with Gasteiger partial charge in [-0.15, -0.1) is 11.6 Å². The van der Waals surface area contributed by atoms with E-state index in [9.17, 15) is 5.11 Å². The first-order valence-corrected chi connectivity index (χ1v) is 31.3. The van der Waals surface area contributed by atoms with E-state index < -0.39 is 13.3 Å². The van der Waals surface area contributed by atoms with Crippen LogP contribution < -0.4 is 4.40 Å². The summed E-state index contributed by atoms with van der Waals surface area (Å²) in [4.78, 5) is 10.6. The molecule has 4 nitrogen and oxygen atoms in total. The number of hydrogen-bond donors (Lipinski definition) is 1. The van der Waals surface area contributed by atoms with Crippen LogP contribution in [-0.2, 0) is 37.3 Å². The van der Waals surface area contributed by atoms with Crippen LogP contribution in [-0.4, -0.2) is 32.9 Å². The number of rotatable bonds is 8. The summed E-state index contributed by atoms with van der Waals surface area (Å²) in [7, 11) is 0. The average Bonchev–Trinajstić information content (AvgIpc) is 3.70. The number of aromatic hydroxyl groups is 1. The maximum absolute atomic E-state index is 12.5. The molecule has 0 radical (unpaired) electrons. The quantitative estimate of drug-likeness (QED) is 0.122. The zero-order valence-electron chi connectivity index (χ0n) is 42.2. The molecule has 1 N–H and O–H groups in total. The summed E-state index contributed by atoms with van der Waals surface area (Å²) in [6.07, 6.45) is 1.91. The first kappa shape index (κ1) is 49.6. The number of imidazole rings is 1. The SMILES string of the molecule is CC(C)(C)c1cc(-c2cc(-c3ccc(-c4ccccc4)cc3)ccn2)[c-]c(-c2cccc3c2nc(-c2cc(C(C)(C)C)cc(C(C)(C)C)c2O)n3-c2ccccc2-c2cc[c]([Ge]([CH3])([CH3])[CH3])cc2)c1.[Pt]. The van der Waals surface area contributed by atoms with E-state index >= 15 is 0 Å². The predicted octanol–water partition coefficient (Wildman–Crippen LogP) is 16.4. The van der Waals surface area contributed by atoms with Gasteiger partial charge in [0.15, 0.2) is 0 Å². The Morgan fingerprint density at radius 3 is 1.71 bits per heavy atom. The van der Waals surface area contributed by atoms with Gasteiger partial charge in [0.2, 0.25) is 0 Å². The Kier molecular flexibility index (Phi) is 13.5. The third kappa shape index (κ3) is 10.1. The van der Waals surface area contributed by atoms with Crippen LogP contribution in [0, 0.1) is 6.07 Å². The van der Waals surface area contributed by atoms with Crippen LogP contribution in [0.15, 0.2) is 164 Å². The van der Waals surface area contributed by atoms with Gasteiger partial charge in [0.05, 0.1) is 0 Å². The molecule has 0 bridgehead atoms. The van der Waals surface area contributed by atoms with Gasteiger partial charge >= 0.3 is 219 Å². The van der Waals surface area contributed by atoms with Gasteiger partial charge in [-0.25, -0.2) is 0 Å². The standard InChI is InChI=1S/C63H64GeN3O.Pt/c1-61(2,3)48-36-46(35-47(37-48)55-38-45(33-34-65-55)43-27-25-42(26-28-43)41-19-14-13-15-20-41)52-22-18-24-57-58(52)66-60(53-39-49(62(4,5)6)40-54(59(53)68)63(7,8)9)67(57)56-23-17-16-21-51(56)44-29-31-50(32-30-44)64(10,11)12;/h13-34,36-40,68H,1-12H3;/q-1;. The Morgan fingerprint density at radius 1 is 0.507 bits per heavy atom. The van der Waals surface area contributed by atoms with Crippen molar-refractivity contribution in [2.24, 2.45) is 0 Å². The van der Waals surface area contributed by atoms with Gasteiger partial charge in [-0.05, 0) is 33.7 Å². The van der Waals surface area contributed by atoms with Gasteiger partial charge in [0, 0.05) is 33.0 Å². The number of para-hydroxylation sites is 2. The third-order valence-electron chi connectivity index (χ3n) is 13.3. The molecular formula is C63H64GeN3OPt-. The second-order valence-electron chi connectivity index (χ2n) is 22.5. The van der Waals surface area contributed by atoms with E-state index in [4.69, 9.17) is 9.97 Å². The van der Waals surface area contributed by atoms with Crippen LogP contribution in [0.5, 0.6) is 5.75 Å². The van der Waals surface area contributed by atoms with Gasteiger partial charge in [-0.1, -0.05) is 129 Å². The Balaban J connectivity index is 0.00000642. The van der Waals surface area contributed by atoms with Gasteiger partial charge < -0.3 is 0 Å². The molecule has 6 heteroatoms. The molecular weight excluding hydrogens is 1080 g/mol. The topological polar surface area (TPSA) is 50.9 Å². The van der Waals surface area contributed by atoms with Crippen molar-refractivity contribution in [2.45, 2.75) is 95.8 Å². The molecule has 9 aromatic rings. The van der Waals surface area contributed by atoms with E-state index in [1.54, 1.807) is 0 Å². The Labute approximate surface area is 427 Å². The zero-order valence-corrected chi connectivity index (χ0v) is 46.6. The molecule has 0 aliphatic carbocycles. The number of hydrogen-bond acceptors (Lipinski definition) is 3. The zero-order chi connectivity index (χ0) is 48.3. The number of fused-ring (bicyclic) bond motifs is 1. The van der Waals surface area contributed by atoms with Crippen molar-refractivity contribution in [1.82, 2.24) is 14.5 Å². The maximum atomic E-state index is 12.5. The van der Waals surface area contributed by atoms with Crippen LogP contribution in [0.4, 0.5) is 0 Å². The first-order valence-electron chi connectivity index (χ1n) is 24.0. The average molecular weight is 1150 g/mol. The Morgan fingerprint density at radius 2 is 1.07 bits per heavy atom. The molecule has 0 aliphatic heterocycles. The first-order chi connectivity index (χ1) is 32.1. The molecule has 0 atom stereocenters. The van der Waals surface area contributed by atoms with Crippen molar-refractivity contribution in [3.63, 3.8) is 0 Å². The number of aromatic nitrogens is 3. The minimum atomic E-state index is -2.07. The van der Waals surface area contributed by atoms with E-state index in [2.05, 4.69) is 242 Å². The fourth-order valence-electron chi connectivity index (χ4n) is 9.14. The molecule has 2 aromatic heterocycles. The summed E-state index contributed by atoms with van der Waals surface area (Å²) in [6.45, 7) is 20.0. The number of benzene rings is 7. The van der Waals surface area contributed by atoms with Crippen LogP contribution in [0.3, 0.4) is 0 Å². The normalized spacial score (nSPS) is 12.3. The fraction of sp³-hybridized carbons (Fsp3) is 0.238. The van der Waals surface area contributed by atoms with Gasteiger partial charge in [0.25, 0.3) is 0 Å². The van der Waals surface area contributed by atoms with Crippen molar-refractivity contribution in [3.05, 3.63) is 187 Å². The second-order valence-corrected chi connectivity index (χ2v) is 33.2. The summed E-state index contributed by atoms with van der Waals surface area (Å²) in [5.41, 5.74) is 16.5. The predicted molar refractivity (Wildman–Crippen MR) is 291 cm³/mol. The summed E-state index contributed by atoms with van der Waals surface area (Å²) in [5, 5.41) is 12.5. The smallest absolute Gasteiger partial charge is 0 e. The van der Waals surface area contributed by atoms with E-state index in [1.165, 1.54) is 21.1 Å². The van der Waals surface area contributed by atoms with Crippen LogP contribution >= 0.6 is 0 Å². The van der Waals surface area contributed by atoms with E-state index in [-0.39, 0.29) is 43.1 Å². The van der Waals surface area contributed by atoms with Crippen LogP contribution in [0.2, 0.25) is 17.3 Å². The number of pyridine rings is 1. The van der Waals surface area contributed by atoms with Crippen molar-refractivity contribution in [1.29, 1.82) is 0 Å². The number of phenols is 1. The Bertz CT molecular complexity index is 3310. The summed E-state index contributed by atoms with van der Waals surface area (Å²) in [6, 6.07) is 60.5. The summed E-state index contributed by atoms with van der Waals surface area (Å²) >= 11 is -2.07. The monoisotopic (exact) mass is 1150 g/mol. The minimum absolute atomic E-state index is 0. The van der Waals surface area contributed by atoms with Gasteiger partial charge in [-0.2, -0.15) is 0 Å². The molecule has 0 fully saturated rings. The molecule has 0 unspecified atom stereocenters. The molecule has 0 saturated carbocycles. The second kappa shape index (κ2) is 18.8. The van der Waals surface area contributed by atoms with Gasteiger partial charge in [0.1, 0.15) is 0 Å². The molecule has 69 heavy (non-hydrogen) atoms. The van der Waals surface area contributed by atoms with E-state index in [1.807, 2.05) is 12.3 Å². The van der Waals surface area contributed by atoms with Crippen molar-refractivity contribution >= 4 is 28.7 Å². The van der Waals surface area contributed by atoms with Crippen molar-refractivity contribution in [3.8, 4) is 78.6 Å². The van der Waals surface area contributed by atoms with Gasteiger partial charge in [-0.3, -0.25) is 4.98 Å². The third-order valence-corrected chi connectivity index (χ3v) is 17.6. The van der Waals surface area contributed by atoms with E-state index in [0.29, 0.717) is 11.4 Å². The molecule has 0 amide bonds. The molecule has 352 valence electrons. The van der Waals surface area contributed by atoms with E-state index in [0.717, 1.165) is 72.5 Å². The van der Waals surface area contributed by atoms with Crippen LogP contribution in [0.1, 0.15) is 79.0 Å². The fourth-order valence-corrected chi connectivity index (χ4v) is 11.6. The molecule has 0 aliphatic rings. The summed E-state index contributed by atoms with van der Waals surface area (Å²) in [5.74, 6) is 8.25. The molecule has 0 saturated heterocycles. The molecule has 0 spiro atoms. The molecule has 9 rings (SSSR count). The Hall–Kier alpha value is -5.81. The molecule has 2 heterocycles. The number of nitrogens with zero attached hydrogens (tertiary/aromatic N) is 3. The minimum Gasteiger partial charge on any atom is 0 e.